The third-order valence-electron chi connectivity index (χ3n) is 2.80. The fourth-order valence-corrected chi connectivity index (χ4v) is 3.56. The molecule has 1 aromatic heterocycles. The number of nitrogen functional groups attached to an aromatic ring is 2. The second kappa shape index (κ2) is 7.93. The number of benzene rings is 1. The van der Waals surface area contributed by atoms with E-state index in [2.05, 4.69) is 14.7 Å². The van der Waals surface area contributed by atoms with Crippen LogP contribution in [0.15, 0.2) is 38.9 Å². The van der Waals surface area contributed by atoms with Crippen molar-refractivity contribution in [3.63, 3.8) is 0 Å². The summed E-state index contributed by atoms with van der Waals surface area (Å²) < 4.78 is 4.65. The van der Waals surface area contributed by atoms with Crippen molar-refractivity contribution in [3.05, 3.63) is 40.2 Å². The molecule has 122 valence electrons. The lowest BCUT2D eigenvalue weighted by Gasteiger charge is -2.05. The highest BCUT2D eigenvalue weighted by Gasteiger charge is 2.08. The van der Waals surface area contributed by atoms with E-state index in [0.717, 1.165) is 10.6 Å². The fourth-order valence-electron chi connectivity index (χ4n) is 1.75. The number of rotatable bonds is 6. The van der Waals surface area contributed by atoms with E-state index in [9.17, 15) is 9.59 Å². The van der Waals surface area contributed by atoms with Crippen molar-refractivity contribution in [1.29, 1.82) is 0 Å². The molecule has 5 N–H and O–H groups in total. The lowest BCUT2D eigenvalue weighted by atomic mass is 10.2. The van der Waals surface area contributed by atoms with E-state index < -0.39 is 0 Å². The summed E-state index contributed by atoms with van der Waals surface area (Å²) in [6.45, 7) is 0. The summed E-state index contributed by atoms with van der Waals surface area (Å²) in [4.78, 5) is 30.7. The molecule has 0 aliphatic carbocycles. The maximum atomic E-state index is 11.7. The first-order valence-corrected chi connectivity index (χ1v) is 8.57. The summed E-state index contributed by atoms with van der Waals surface area (Å²) in [5, 5.41) is 0. The molecule has 0 spiro atoms. The molecule has 0 aliphatic heterocycles. The number of esters is 1. The van der Waals surface area contributed by atoms with Crippen molar-refractivity contribution in [2.24, 2.45) is 0 Å². The van der Waals surface area contributed by atoms with Crippen LogP contribution >= 0.6 is 23.5 Å². The molecule has 0 saturated carbocycles. The third-order valence-corrected chi connectivity index (χ3v) is 5.16. The van der Waals surface area contributed by atoms with Crippen LogP contribution in [-0.4, -0.2) is 34.6 Å². The summed E-state index contributed by atoms with van der Waals surface area (Å²) in [6.07, 6.45) is 0. The number of H-pyrrole nitrogens is 1. The first kappa shape index (κ1) is 17.2. The molecule has 23 heavy (non-hydrogen) atoms. The number of carbonyl (C=O) groups is 1. The summed E-state index contributed by atoms with van der Waals surface area (Å²) in [7, 11) is 1.35. The van der Waals surface area contributed by atoms with Crippen molar-refractivity contribution in [1.82, 2.24) is 9.97 Å². The van der Waals surface area contributed by atoms with Crippen LogP contribution in [0.1, 0.15) is 10.4 Å². The van der Waals surface area contributed by atoms with E-state index >= 15 is 0 Å². The lowest BCUT2D eigenvalue weighted by Crippen LogP contribution is -2.16. The summed E-state index contributed by atoms with van der Waals surface area (Å²) in [6, 6.07) is 7.14. The number of nitrogens with zero attached hydrogens (tertiary/aromatic N) is 1. The van der Waals surface area contributed by atoms with Crippen LogP contribution in [0.4, 0.5) is 11.8 Å². The average molecular weight is 352 g/mol. The van der Waals surface area contributed by atoms with Gasteiger partial charge in [-0.15, -0.1) is 23.5 Å². The number of hydrogen-bond acceptors (Lipinski definition) is 8. The summed E-state index contributed by atoms with van der Waals surface area (Å²) >= 11 is 2.94. The number of aromatic amines is 1. The highest BCUT2D eigenvalue weighted by atomic mass is 32.2. The molecule has 0 amide bonds. The largest absolute Gasteiger partial charge is 0.465 e. The molecule has 0 aliphatic rings. The van der Waals surface area contributed by atoms with Gasteiger partial charge in [-0.25, -0.2) is 4.79 Å². The Morgan fingerprint density at radius 1 is 1.22 bits per heavy atom. The smallest absolute Gasteiger partial charge is 0.337 e. The van der Waals surface area contributed by atoms with E-state index in [1.807, 2.05) is 12.1 Å². The van der Waals surface area contributed by atoms with Crippen LogP contribution in [0.3, 0.4) is 0 Å². The van der Waals surface area contributed by atoms with E-state index in [-0.39, 0.29) is 23.3 Å². The lowest BCUT2D eigenvalue weighted by molar-refractivity contribution is 0.0600. The van der Waals surface area contributed by atoms with Gasteiger partial charge >= 0.3 is 5.97 Å². The van der Waals surface area contributed by atoms with Crippen molar-refractivity contribution < 1.29 is 9.53 Å². The third kappa shape index (κ3) is 4.67. The molecule has 0 saturated heterocycles. The number of methoxy groups -OCH3 is 1. The predicted molar refractivity (Wildman–Crippen MR) is 92.9 cm³/mol. The first-order chi connectivity index (χ1) is 11.0. The molecular weight excluding hydrogens is 336 g/mol. The zero-order valence-electron chi connectivity index (χ0n) is 12.4. The number of ether oxygens (including phenoxy) is 1. The van der Waals surface area contributed by atoms with Gasteiger partial charge in [-0.05, 0) is 24.3 Å². The first-order valence-electron chi connectivity index (χ1n) is 6.60. The van der Waals surface area contributed by atoms with Crippen LogP contribution in [0.25, 0.3) is 0 Å². The minimum Gasteiger partial charge on any atom is -0.465 e. The fraction of sp³-hybridized carbons (Fsp3) is 0.214. The Balaban J connectivity index is 1.86. The van der Waals surface area contributed by atoms with Crippen LogP contribution in [-0.2, 0) is 4.74 Å². The van der Waals surface area contributed by atoms with Crippen LogP contribution < -0.4 is 17.0 Å². The second-order valence-corrected chi connectivity index (χ2v) is 6.65. The van der Waals surface area contributed by atoms with E-state index in [1.54, 1.807) is 23.9 Å². The molecule has 2 rings (SSSR count). The van der Waals surface area contributed by atoms with Gasteiger partial charge in [0.2, 0.25) is 5.95 Å². The molecule has 0 unspecified atom stereocenters. The zero-order chi connectivity index (χ0) is 16.8. The Labute approximate surface area is 141 Å². The maximum Gasteiger partial charge on any atom is 0.337 e. The molecule has 7 nitrogen and oxygen atoms in total. The number of anilines is 2. The number of hydrogen-bond donors (Lipinski definition) is 3. The number of aromatic nitrogens is 2. The van der Waals surface area contributed by atoms with Gasteiger partial charge in [-0.2, -0.15) is 4.98 Å². The van der Waals surface area contributed by atoms with Crippen molar-refractivity contribution in [2.75, 3.05) is 30.1 Å². The van der Waals surface area contributed by atoms with Crippen LogP contribution in [0.2, 0.25) is 0 Å². The molecule has 2 aromatic rings. The Hall–Kier alpha value is -2.13. The topological polar surface area (TPSA) is 124 Å². The minimum atomic E-state index is -0.359. The van der Waals surface area contributed by atoms with Gasteiger partial charge in [0.1, 0.15) is 10.7 Å². The summed E-state index contributed by atoms with van der Waals surface area (Å²) in [5.41, 5.74) is 11.3. The molecule has 0 radical (unpaired) electrons. The van der Waals surface area contributed by atoms with Gasteiger partial charge < -0.3 is 16.2 Å². The SMILES string of the molecule is COC(=O)c1ccc(SCCSc2c(N)nc(N)[nH]c2=O)cc1. The summed E-state index contributed by atoms with van der Waals surface area (Å²) in [5.74, 6) is 1.25. The monoisotopic (exact) mass is 352 g/mol. The molecular formula is C14H16N4O3S2. The second-order valence-electron chi connectivity index (χ2n) is 4.38. The maximum absolute atomic E-state index is 11.7. The van der Waals surface area contributed by atoms with Gasteiger partial charge in [0.15, 0.2) is 0 Å². The Morgan fingerprint density at radius 2 is 1.87 bits per heavy atom. The zero-order valence-corrected chi connectivity index (χ0v) is 14.0. The molecule has 1 aromatic carbocycles. The van der Waals surface area contributed by atoms with Crippen LogP contribution in [0, 0.1) is 0 Å². The molecule has 0 fully saturated rings. The van der Waals surface area contributed by atoms with Crippen molar-refractivity contribution >= 4 is 41.3 Å². The highest BCUT2D eigenvalue weighted by molar-refractivity contribution is 8.03. The van der Waals surface area contributed by atoms with E-state index in [0.29, 0.717) is 16.2 Å². The van der Waals surface area contributed by atoms with Crippen molar-refractivity contribution in [2.45, 2.75) is 9.79 Å². The number of thioether (sulfide) groups is 2. The minimum absolute atomic E-state index is 0.0110. The quantitative estimate of drug-likeness (QED) is 0.407. The molecule has 1 heterocycles. The van der Waals surface area contributed by atoms with Gasteiger partial charge in [0, 0.05) is 16.4 Å². The van der Waals surface area contributed by atoms with Crippen LogP contribution in [0.5, 0.6) is 0 Å². The Morgan fingerprint density at radius 3 is 2.48 bits per heavy atom. The van der Waals surface area contributed by atoms with Gasteiger partial charge in [0.05, 0.1) is 12.7 Å². The van der Waals surface area contributed by atoms with Gasteiger partial charge in [-0.3, -0.25) is 9.78 Å². The molecule has 9 heteroatoms. The van der Waals surface area contributed by atoms with Gasteiger partial charge in [0.25, 0.3) is 5.56 Å². The normalized spacial score (nSPS) is 10.5. The highest BCUT2D eigenvalue weighted by Crippen LogP contribution is 2.24. The van der Waals surface area contributed by atoms with E-state index in [1.165, 1.54) is 18.9 Å². The number of nitrogens with two attached hydrogens (primary N) is 2. The Bertz CT molecular complexity index is 747. The predicted octanol–water partition coefficient (Wildman–Crippen LogP) is 1.61. The number of nitrogens with one attached hydrogen (secondary N) is 1. The van der Waals surface area contributed by atoms with E-state index in [4.69, 9.17) is 11.5 Å². The van der Waals surface area contributed by atoms with Crippen molar-refractivity contribution in [3.8, 4) is 0 Å². The average Bonchev–Trinajstić information content (AvgIpc) is 2.53. The standard InChI is InChI=1S/C14H16N4O3S2/c1-21-13(20)8-2-4-9(5-3-8)22-6-7-23-10-11(15)17-14(16)18-12(10)19/h2-5H,6-7H2,1H3,(H5,15,16,17,18,19). The van der Waals surface area contributed by atoms with Gasteiger partial charge in [-0.1, -0.05) is 0 Å². The molecule has 0 bridgehead atoms. The molecule has 0 atom stereocenters. The number of carbonyl (C=O) groups excluding carboxylic acids is 1. The Kier molecular flexibility index (Phi) is 5.94.